The van der Waals surface area contributed by atoms with Gasteiger partial charge in [0.15, 0.2) is 0 Å². The van der Waals surface area contributed by atoms with Crippen LogP contribution in [0.25, 0.3) is 11.3 Å². The standard InChI is InChI=1S/C20H14ClF4N3O2/c1-30-20(29)17-13(24)6-9(7-14(17)25)16-5-4-15(26)19(28-16)27-8-10-11(22)2-3-12(23)18(10)21/h2-7H,8,26H2,1H3,(H,27,28). The molecule has 0 atom stereocenters. The number of pyridine rings is 1. The quantitative estimate of drug-likeness (QED) is 0.334. The van der Waals surface area contributed by atoms with E-state index in [1.54, 1.807) is 0 Å². The molecule has 3 N–H and O–H groups in total. The molecular formula is C20H14ClF4N3O2. The highest BCUT2D eigenvalue weighted by atomic mass is 35.5. The summed E-state index contributed by atoms with van der Waals surface area (Å²) in [6.07, 6.45) is 0. The first-order valence-electron chi connectivity index (χ1n) is 8.43. The largest absolute Gasteiger partial charge is 0.465 e. The lowest BCUT2D eigenvalue weighted by molar-refractivity contribution is 0.0590. The molecule has 0 saturated heterocycles. The molecule has 0 unspecified atom stereocenters. The van der Waals surface area contributed by atoms with Crippen LogP contribution in [0, 0.1) is 23.3 Å². The molecular weight excluding hydrogens is 426 g/mol. The van der Waals surface area contributed by atoms with Gasteiger partial charge in [0.05, 0.1) is 23.5 Å². The predicted octanol–water partition coefficient (Wildman–Crippen LogP) is 4.94. The summed E-state index contributed by atoms with van der Waals surface area (Å²) in [7, 11) is 1.00. The number of aromatic nitrogens is 1. The summed E-state index contributed by atoms with van der Waals surface area (Å²) in [6.45, 7) is -0.243. The van der Waals surface area contributed by atoms with Gasteiger partial charge in [-0.25, -0.2) is 27.3 Å². The second-order valence-electron chi connectivity index (χ2n) is 6.12. The number of carbonyl (C=O) groups excluding carboxylic acids is 1. The van der Waals surface area contributed by atoms with Crippen LogP contribution in [-0.2, 0) is 11.3 Å². The Kier molecular flexibility index (Phi) is 6.12. The molecule has 0 bridgehead atoms. The van der Waals surface area contributed by atoms with E-state index in [-0.39, 0.29) is 39.9 Å². The minimum Gasteiger partial charge on any atom is -0.465 e. The molecule has 2 aromatic carbocycles. The van der Waals surface area contributed by atoms with Crippen molar-refractivity contribution in [2.45, 2.75) is 6.54 Å². The van der Waals surface area contributed by atoms with Gasteiger partial charge < -0.3 is 15.8 Å². The molecule has 3 rings (SSSR count). The maximum atomic E-state index is 14.2. The topological polar surface area (TPSA) is 77.2 Å². The number of nitrogens with zero attached hydrogens (tertiary/aromatic N) is 1. The van der Waals surface area contributed by atoms with Gasteiger partial charge in [0, 0.05) is 17.7 Å². The molecule has 0 amide bonds. The van der Waals surface area contributed by atoms with Crippen molar-refractivity contribution in [1.29, 1.82) is 0 Å². The van der Waals surface area contributed by atoms with Crippen LogP contribution in [0.15, 0.2) is 36.4 Å². The third-order valence-corrected chi connectivity index (χ3v) is 4.63. The van der Waals surface area contributed by atoms with E-state index in [0.717, 1.165) is 31.4 Å². The third kappa shape index (κ3) is 4.16. The van der Waals surface area contributed by atoms with Gasteiger partial charge >= 0.3 is 5.97 Å². The van der Waals surface area contributed by atoms with Crippen LogP contribution in [0.1, 0.15) is 15.9 Å². The normalized spacial score (nSPS) is 10.7. The summed E-state index contributed by atoms with van der Waals surface area (Å²) < 4.78 is 60.3. The summed E-state index contributed by atoms with van der Waals surface area (Å²) in [5.41, 5.74) is 5.17. The number of nitrogen functional groups attached to an aromatic ring is 1. The molecule has 1 heterocycles. The Morgan fingerprint density at radius 2 is 1.70 bits per heavy atom. The van der Waals surface area contributed by atoms with Crippen LogP contribution in [-0.4, -0.2) is 18.1 Å². The number of halogens is 5. The van der Waals surface area contributed by atoms with Crippen molar-refractivity contribution in [3.8, 4) is 11.3 Å². The molecule has 0 saturated carbocycles. The number of hydrogen-bond donors (Lipinski definition) is 2. The van der Waals surface area contributed by atoms with Crippen LogP contribution < -0.4 is 11.1 Å². The fraction of sp³-hybridized carbons (Fsp3) is 0.100. The molecule has 10 heteroatoms. The molecule has 0 aliphatic carbocycles. The average molecular weight is 440 g/mol. The van der Waals surface area contributed by atoms with Crippen LogP contribution >= 0.6 is 11.6 Å². The zero-order valence-corrected chi connectivity index (χ0v) is 16.2. The summed E-state index contributed by atoms with van der Waals surface area (Å²) in [6, 6.07) is 6.48. The number of nitrogens with two attached hydrogens (primary N) is 1. The second-order valence-corrected chi connectivity index (χ2v) is 6.49. The fourth-order valence-corrected chi connectivity index (χ4v) is 2.91. The van der Waals surface area contributed by atoms with Gasteiger partial charge in [0.1, 0.15) is 34.7 Å². The van der Waals surface area contributed by atoms with E-state index in [1.807, 2.05) is 0 Å². The van der Waals surface area contributed by atoms with Crippen molar-refractivity contribution in [3.63, 3.8) is 0 Å². The molecule has 30 heavy (non-hydrogen) atoms. The summed E-state index contributed by atoms with van der Waals surface area (Å²) in [5, 5.41) is 2.34. The van der Waals surface area contributed by atoms with Crippen molar-refractivity contribution in [2.24, 2.45) is 0 Å². The third-order valence-electron chi connectivity index (χ3n) is 4.23. The Hall–Kier alpha value is -3.33. The first kappa shape index (κ1) is 21.4. The maximum absolute atomic E-state index is 14.2. The van der Waals surface area contributed by atoms with Crippen LogP contribution in [0.2, 0.25) is 5.02 Å². The van der Waals surface area contributed by atoms with Gasteiger partial charge in [-0.3, -0.25) is 0 Å². The SMILES string of the molecule is COC(=O)c1c(F)cc(-c2ccc(N)c(NCc3c(F)ccc(F)c3Cl)n2)cc1F. The van der Waals surface area contributed by atoms with E-state index in [0.29, 0.717) is 0 Å². The zero-order valence-electron chi connectivity index (χ0n) is 15.4. The van der Waals surface area contributed by atoms with Crippen molar-refractivity contribution < 1.29 is 27.1 Å². The van der Waals surface area contributed by atoms with Gasteiger partial charge in [-0.1, -0.05) is 11.6 Å². The number of benzene rings is 2. The van der Waals surface area contributed by atoms with Crippen molar-refractivity contribution in [1.82, 2.24) is 4.98 Å². The van der Waals surface area contributed by atoms with Gasteiger partial charge in [0.25, 0.3) is 0 Å². The number of ether oxygens (including phenoxy) is 1. The number of rotatable bonds is 5. The first-order valence-corrected chi connectivity index (χ1v) is 8.81. The lowest BCUT2D eigenvalue weighted by Crippen LogP contribution is -2.09. The summed E-state index contributed by atoms with van der Waals surface area (Å²) in [5.74, 6) is -4.87. The monoisotopic (exact) mass is 439 g/mol. The van der Waals surface area contributed by atoms with Crippen molar-refractivity contribution in [2.75, 3.05) is 18.2 Å². The van der Waals surface area contributed by atoms with Crippen LogP contribution in [0.5, 0.6) is 0 Å². The zero-order chi connectivity index (χ0) is 22.0. The lowest BCUT2D eigenvalue weighted by Gasteiger charge is -2.13. The predicted molar refractivity (Wildman–Crippen MR) is 104 cm³/mol. The first-order chi connectivity index (χ1) is 14.2. The van der Waals surface area contributed by atoms with E-state index < -0.39 is 34.8 Å². The molecule has 156 valence electrons. The summed E-state index contributed by atoms with van der Waals surface area (Å²) >= 11 is 5.79. The van der Waals surface area contributed by atoms with Gasteiger partial charge in [-0.15, -0.1) is 0 Å². The fourth-order valence-electron chi connectivity index (χ4n) is 2.69. The number of nitrogens with one attached hydrogen (secondary N) is 1. The Morgan fingerprint density at radius 3 is 2.33 bits per heavy atom. The molecule has 0 aliphatic heterocycles. The van der Waals surface area contributed by atoms with Crippen molar-refractivity contribution >= 4 is 29.1 Å². The van der Waals surface area contributed by atoms with Crippen LogP contribution in [0.3, 0.4) is 0 Å². The van der Waals surface area contributed by atoms with E-state index in [4.69, 9.17) is 17.3 Å². The molecule has 5 nitrogen and oxygen atoms in total. The number of esters is 1. The number of methoxy groups -OCH3 is 1. The number of anilines is 2. The van der Waals surface area contributed by atoms with Crippen LogP contribution in [0.4, 0.5) is 29.1 Å². The van der Waals surface area contributed by atoms with Gasteiger partial charge in [0.2, 0.25) is 0 Å². The molecule has 0 radical (unpaired) electrons. The smallest absolute Gasteiger partial charge is 0.343 e. The highest BCUT2D eigenvalue weighted by molar-refractivity contribution is 6.31. The molecule has 0 spiro atoms. The highest BCUT2D eigenvalue weighted by Crippen LogP contribution is 2.28. The van der Waals surface area contributed by atoms with E-state index in [2.05, 4.69) is 15.0 Å². The molecule has 1 aromatic heterocycles. The number of carbonyl (C=O) groups is 1. The molecule has 0 aliphatic rings. The Morgan fingerprint density at radius 1 is 1.07 bits per heavy atom. The van der Waals surface area contributed by atoms with Gasteiger partial charge in [-0.2, -0.15) is 0 Å². The number of hydrogen-bond acceptors (Lipinski definition) is 5. The maximum Gasteiger partial charge on any atom is 0.343 e. The minimum atomic E-state index is -1.15. The molecule has 3 aromatic rings. The minimum absolute atomic E-state index is 0.0238. The second kappa shape index (κ2) is 8.58. The Labute approximate surface area is 173 Å². The highest BCUT2D eigenvalue weighted by Gasteiger charge is 2.20. The van der Waals surface area contributed by atoms with Crippen molar-refractivity contribution in [3.05, 3.63) is 75.8 Å². The van der Waals surface area contributed by atoms with E-state index in [9.17, 15) is 22.4 Å². The van der Waals surface area contributed by atoms with Gasteiger partial charge in [-0.05, 0) is 36.4 Å². The summed E-state index contributed by atoms with van der Waals surface area (Å²) in [4.78, 5) is 15.7. The Bertz CT molecular complexity index is 1120. The van der Waals surface area contributed by atoms with E-state index in [1.165, 1.54) is 12.1 Å². The Balaban J connectivity index is 1.93. The molecule has 0 fully saturated rings. The lowest BCUT2D eigenvalue weighted by atomic mass is 10.1. The van der Waals surface area contributed by atoms with E-state index >= 15 is 0 Å². The average Bonchev–Trinajstić information content (AvgIpc) is 2.71.